The van der Waals surface area contributed by atoms with Crippen molar-refractivity contribution in [3.05, 3.63) is 350 Å². The maximum Gasteiger partial charge on any atom is 1.00 e. The maximum atomic E-state index is 12.4. The summed E-state index contributed by atoms with van der Waals surface area (Å²) in [4.78, 5) is 48.5. The van der Waals surface area contributed by atoms with Crippen LogP contribution in [0.5, 0.6) is 46.0 Å². The van der Waals surface area contributed by atoms with Gasteiger partial charge >= 0.3 is 29.6 Å². The van der Waals surface area contributed by atoms with Crippen LogP contribution in [0.3, 0.4) is 0 Å². The second-order valence-electron chi connectivity index (χ2n) is 32.6. The van der Waals surface area contributed by atoms with Gasteiger partial charge in [0.25, 0.3) is 0 Å². The van der Waals surface area contributed by atoms with Gasteiger partial charge < -0.3 is 88.8 Å². The number of aryl methyl sites for hydroxylation is 12. The van der Waals surface area contributed by atoms with Crippen molar-refractivity contribution in [2.24, 2.45) is 5.73 Å². The summed E-state index contributed by atoms with van der Waals surface area (Å²) in [6.07, 6.45) is 8.63. The molecule has 1 fully saturated rings. The van der Waals surface area contributed by atoms with Gasteiger partial charge in [-0.2, -0.15) is 4.31 Å². The van der Waals surface area contributed by atoms with Crippen LogP contribution in [-0.2, 0) is 126 Å². The number of nitrogens with zero attached hydrogens (tertiary/aromatic N) is 1. The van der Waals surface area contributed by atoms with Crippen molar-refractivity contribution in [1.82, 2.24) is 36.2 Å². The molecule has 11 aromatic rings. The van der Waals surface area contributed by atoms with E-state index in [-0.39, 0.29) is 118 Å². The van der Waals surface area contributed by atoms with Gasteiger partial charge in [0.2, 0.25) is 34.9 Å². The van der Waals surface area contributed by atoms with Crippen LogP contribution in [0, 0.1) is 62.8 Å². The number of rotatable bonds is 43. The third kappa shape index (κ3) is 45.9. The van der Waals surface area contributed by atoms with Gasteiger partial charge in [-0.25, -0.2) is 4.21 Å². The average Bonchev–Trinajstić information content (AvgIpc) is 0.919. The number of amides is 4. The Morgan fingerprint density at radius 1 is 0.390 bits per heavy atom. The predicted molar refractivity (Wildman–Crippen MR) is 538 cm³/mol. The Morgan fingerprint density at radius 2 is 0.713 bits per heavy atom. The number of aliphatic hydroxyl groups excluding tert-OH is 1. The number of carbonyl (C=O) groups excluding carboxylic acids is 4. The van der Waals surface area contributed by atoms with Gasteiger partial charge in [-0.15, -0.1) is 0 Å². The van der Waals surface area contributed by atoms with Gasteiger partial charge in [-0.1, -0.05) is 200 Å². The maximum absolute atomic E-state index is 12.4. The van der Waals surface area contributed by atoms with E-state index in [0.29, 0.717) is 107 Å². The molecule has 136 heavy (non-hydrogen) atoms. The summed E-state index contributed by atoms with van der Waals surface area (Å²) in [6.45, 7) is 26.2. The molecule has 730 valence electrons. The minimum Gasteiger partial charge on any atom is -0.870 e. The van der Waals surface area contributed by atoms with Crippen molar-refractivity contribution in [2.45, 2.75) is 152 Å². The predicted octanol–water partition coefficient (Wildman–Crippen LogP) is 13.0. The Balaban J connectivity index is 0.000000350. The van der Waals surface area contributed by atoms with E-state index < -0.39 is 11.3 Å². The molecular weight excluding hydrogens is 1830 g/mol. The molecule has 1 atom stereocenters. The SMILES string of the molecule is COc1cc(CC(=O)NCCCc2ccc(C)c(C)c2)ccc1O.COc1cc(CC(=O)NCCCc2ccc(C)c(C)c2)ccc1OCCN.COc1cc(CC(=O)NCCCc2ccc(C)c(C)c2)ccc1OCCNCc1ccccc1.COc1cc(CC(=O)NCCCc2ccc(C)c(C)c2)ccc1[O-].O=S1OCCN1Cc1ccccc1.OCCNCc1ccccc1.[CH3-].[Na+].[Pd]. The van der Waals surface area contributed by atoms with Gasteiger partial charge in [0.05, 0.1) is 67.3 Å². The number of aromatic hydroxyl groups is 1. The number of phenols is 1. The van der Waals surface area contributed by atoms with E-state index >= 15 is 0 Å². The first-order valence-electron chi connectivity index (χ1n) is 45.6. The zero-order chi connectivity index (χ0) is 95.9. The van der Waals surface area contributed by atoms with Crippen molar-refractivity contribution in [3.63, 3.8) is 0 Å². The summed E-state index contributed by atoms with van der Waals surface area (Å²) >= 11 is -1.23. The minimum atomic E-state index is -1.23. The van der Waals surface area contributed by atoms with Crippen LogP contribution in [0.2, 0.25) is 0 Å². The summed E-state index contributed by atoms with van der Waals surface area (Å²) in [5.41, 5.74) is 28.2. The monoisotopic (exact) mass is 1980 g/mol. The Bertz CT molecular complexity index is 5230. The number of aliphatic hydroxyl groups is 1. The van der Waals surface area contributed by atoms with E-state index in [4.69, 9.17) is 43.4 Å². The van der Waals surface area contributed by atoms with Crippen LogP contribution >= 0.6 is 0 Å². The number of hydrogen-bond donors (Lipinski definition) is 9. The van der Waals surface area contributed by atoms with Gasteiger partial charge in [0, 0.05) is 92.4 Å². The Hall–Kier alpha value is -10.7. The third-order valence-corrected chi connectivity index (χ3v) is 23.1. The summed E-state index contributed by atoms with van der Waals surface area (Å²) in [5.74, 6) is 3.09. The fourth-order valence-electron chi connectivity index (χ4n) is 13.9. The molecule has 0 saturated carbocycles. The van der Waals surface area contributed by atoms with Crippen molar-refractivity contribution in [3.8, 4) is 46.0 Å². The Morgan fingerprint density at radius 3 is 1.05 bits per heavy atom. The number of methoxy groups -OCH3 is 4. The van der Waals surface area contributed by atoms with E-state index in [1.165, 1.54) is 104 Å². The molecule has 12 rings (SSSR count). The number of benzene rings is 11. The first-order valence-corrected chi connectivity index (χ1v) is 46.6. The number of hydrogen-bond acceptors (Lipinski definition) is 18. The first-order chi connectivity index (χ1) is 64.3. The van der Waals surface area contributed by atoms with Crippen LogP contribution in [0.1, 0.15) is 131 Å². The summed E-state index contributed by atoms with van der Waals surface area (Å²) in [6, 6.07) is 77.3. The molecule has 1 unspecified atom stereocenters. The number of phenolic OH excluding ortho intramolecular Hbond substituents is 1. The minimum absolute atomic E-state index is 0. The molecule has 0 radical (unpaired) electrons. The Labute approximate surface area is 846 Å². The van der Waals surface area contributed by atoms with E-state index in [2.05, 4.69) is 184 Å². The van der Waals surface area contributed by atoms with Crippen LogP contribution < -0.4 is 101 Å². The molecule has 1 heterocycles. The Kier molecular flexibility index (Phi) is 58.4. The molecule has 1 saturated heterocycles. The van der Waals surface area contributed by atoms with Crippen molar-refractivity contribution in [1.29, 1.82) is 0 Å². The smallest absolute Gasteiger partial charge is 0.870 e. The van der Waals surface area contributed by atoms with Crippen molar-refractivity contribution in [2.75, 3.05) is 107 Å². The summed E-state index contributed by atoms with van der Waals surface area (Å²) in [7, 11) is 6.15. The first kappa shape index (κ1) is 118. The molecule has 0 bridgehead atoms. The van der Waals surface area contributed by atoms with Gasteiger partial charge in [-0.05, 0) is 255 Å². The number of ether oxygens (including phenoxy) is 6. The van der Waals surface area contributed by atoms with Crippen LogP contribution in [-0.4, -0.2) is 150 Å². The molecule has 0 aromatic heterocycles. The third-order valence-electron chi connectivity index (χ3n) is 22.0. The topological polar surface area (TPSA) is 315 Å². The second kappa shape index (κ2) is 67.5. The molecule has 4 amide bonds. The quantitative estimate of drug-likeness (QED) is 0.00974. The van der Waals surface area contributed by atoms with Crippen molar-refractivity contribution < 1.29 is 121 Å². The summed E-state index contributed by atoms with van der Waals surface area (Å²) < 4.78 is 50.2. The van der Waals surface area contributed by atoms with Crippen LogP contribution in [0.4, 0.5) is 0 Å². The molecule has 0 spiro atoms. The molecule has 26 heteroatoms. The largest absolute Gasteiger partial charge is 1.00 e. The molecule has 23 nitrogen and oxygen atoms in total. The van der Waals surface area contributed by atoms with Gasteiger partial charge in [0.15, 0.2) is 34.5 Å². The van der Waals surface area contributed by atoms with Crippen LogP contribution in [0.25, 0.3) is 0 Å². The van der Waals surface area contributed by atoms with Crippen LogP contribution in [0.15, 0.2) is 237 Å². The number of nitrogens with one attached hydrogen (secondary N) is 6. The van der Waals surface area contributed by atoms with Crippen molar-refractivity contribution >= 4 is 34.9 Å². The number of carbonyl (C=O) groups is 4. The van der Waals surface area contributed by atoms with Gasteiger partial charge in [-0.3, -0.25) is 23.4 Å². The molecule has 1 aliphatic rings. The molecule has 0 aliphatic carbocycles. The molecule has 10 N–H and O–H groups in total. The molecule has 1 aliphatic heterocycles. The molecular formula is C110H142N8NaO15PdS-. The standard InChI is InChI=1S/C29H36N2O3.C22H30N2O3.2C20H25NO3.C9H11NO2S.C9H13NO.CH3.Na.Pd/c1-22-11-12-24(18-23(22)2)10-7-15-31-29(32)20-26-13-14-27(28(19-26)33-3)34-17-16-30-21-25-8-5-4-6-9-25;1-16-6-7-18(13-17(16)2)5-4-11-24-22(25)15-19-8-9-20(27-12-10-23)21(14-19)26-3;2*1-14-6-7-16(11-15(14)2)5-4-10-21-20(23)13-17-8-9-18(22)19(12-17)24-3;11-13-10(6-7-12-13)8-9-4-2-1-3-5-9;11-7-6-10-8-9-4-2-1-3-5-9;;;/h4-6,8-9,11-14,18-19,30H,7,10,15-17,20-21H2,1-3H3,(H,31,32);6-9,13-14H,4-5,10-12,15,23H2,1-3H3,(H,24,25);2*6-9,11-12,22H,4-5,10,13H2,1-3H3,(H,21,23);1-5H,6-8H2;1-5,10-11H,6-8H2;1H3;;/q;;;;;;-1;+1;/p-1. The average molecular weight is 1980 g/mol. The summed E-state index contributed by atoms with van der Waals surface area (Å²) in [5, 5.41) is 47.8. The van der Waals surface area contributed by atoms with E-state index in [0.717, 1.165) is 99.8 Å². The normalized spacial score (nSPS) is 11.5. The molecule has 11 aromatic carbocycles. The number of nitrogens with two attached hydrogens (primary N) is 1. The fourth-order valence-corrected chi connectivity index (χ4v) is 14.7. The zero-order valence-corrected chi connectivity index (χ0v) is 86.4. The second-order valence-corrected chi connectivity index (χ2v) is 33.8. The van der Waals surface area contributed by atoms with E-state index in [1.54, 1.807) is 44.6 Å². The van der Waals surface area contributed by atoms with E-state index in [1.807, 2.05) is 107 Å². The van der Waals surface area contributed by atoms with Gasteiger partial charge in [0.1, 0.15) is 19.0 Å². The van der Waals surface area contributed by atoms with E-state index in [9.17, 15) is 33.6 Å². The zero-order valence-electron chi connectivity index (χ0n) is 82.1. The fraction of sp³-hybridized carbons (Fsp3) is 0.355.